The number of thiazole rings is 2. The highest BCUT2D eigenvalue weighted by atomic mass is 35.5. The molecule has 0 aliphatic carbocycles. The number of rotatable bonds is 3. The molecule has 2 saturated heterocycles. The molecule has 0 atom stereocenters. The van der Waals surface area contributed by atoms with Gasteiger partial charge in [-0.3, -0.25) is 14.5 Å². The molecule has 150 valence electrons. The molecular formula is C19H18ClN5O2S2. The van der Waals surface area contributed by atoms with Gasteiger partial charge in [0.25, 0.3) is 11.8 Å². The van der Waals surface area contributed by atoms with E-state index in [1.165, 1.54) is 22.7 Å². The lowest BCUT2D eigenvalue weighted by Crippen LogP contribution is -2.64. The van der Waals surface area contributed by atoms with Crippen LogP contribution in [0.25, 0.3) is 10.2 Å². The van der Waals surface area contributed by atoms with Crippen LogP contribution >= 0.6 is 34.3 Å². The molecule has 2 aliphatic heterocycles. The molecule has 3 aromatic rings. The molecule has 0 radical (unpaired) electrons. The number of nitrogens with zero attached hydrogens (tertiary/aromatic N) is 5. The Morgan fingerprint density at radius 3 is 2.52 bits per heavy atom. The Morgan fingerprint density at radius 2 is 1.79 bits per heavy atom. The predicted molar refractivity (Wildman–Crippen MR) is 114 cm³/mol. The van der Waals surface area contributed by atoms with Crippen LogP contribution in [0.2, 0.25) is 5.02 Å². The summed E-state index contributed by atoms with van der Waals surface area (Å²) in [5, 5.41) is 3.51. The monoisotopic (exact) mass is 447 g/mol. The average Bonchev–Trinajstić information content (AvgIpc) is 3.36. The van der Waals surface area contributed by atoms with Crippen molar-refractivity contribution < 1.29 is 9.59 Å². The van der Waals surface area contributed by atoms with Crippen LogP contribution in [0.3, 0.4) is 0 Å². The van der Waals surface area contributed by atoms with Crippen molar-refractivity contribution in [1.29, 1.82) is 0 Å². The summed E-state index contributed by atoms with van der Waals surface area (Å²) >= 11 is 8.80. The normalized spacial score (nSPS) is 18.2. The van der Waals surface area contributed by atoms with Crippen molar-refractivity contribution in [2.45, 2.75) is 6.04 Å². The minimum absolute atomic E-state index is 0.0148. The van der Waals surface area contributed by atoms with Gasteiger partial charge in [0.15, 0.2) is 10.0 Å². The van der Waals surface area contributed by atoms with E-state index in [9.17, 15) is 9.59 Å². The maximum Gasteiger partial charge on any atom is 0.282 e. The third-order valence-corrected chi connectivity index (χ3v) is 7.44. The Morgan fingerprint density at radius 1 is 1.03 bits per heavy atom. The number of carbonyl (C=O) groups excluding carboxylic acids is 2. The first kappa shape index (κ1) is 18.9. The number of aromatic nitrogens is 2. The minimum Gasteiger partial charge on any atom is -0.334 e. The van der Waals surface area contributed by atoms with Crippen LogP contribution in [0.1, 0.15) is 19.6 Å². The van der Waals surface area contributed by atoms with Gasteiger partial charge in [-0.05, 0) is 18.2 Å². The summed E-state index contributed by atoms with van der Waals surface area (Å²) in [6.07, 6.45) is 1.66. The van der Waals surface area contributed by atoms with Gasteiger partial charge in [0.05, 0.1) is 10.2 Å². The average molecular weight is 448 g/mol. The van der Waals surface area contributed by atoms with Crippen LogP contribution in [0.15, 0.2) is 29.8 Å². The van der Waals surface area contributed by atoms with Crippen LogP contribution in [0, 0.1) is 0 Å². The molecule has 5 rings (SSSR count). The predicted octanol–water partition coefficient (Wildman–Crippen LogP) is 2.69. The van der Waals surface area contributed by atoms with Gasteiger partial charge in [0, 0.05) is 61.9 Å². The van der Waals surface area contributed by atoms with Gasteiger partial charge >= 0.3 is 0 Å². The Labute approximate surface area is 180 Å². The third kappa shape index (κ3) is 3.63. The molecular weight excluding hydrogens is 430 g/mol. The third-order valence-electron chi connectivity index (χ3n) is 5.42. The molecule has 0 N–H and O–H groups in total. The number of piperazine rings is 1. The van der Waals surface area contributed by atoms with E-state index in [1.54, 1.807) is 12.3 Å². The number of likely N-dealkylation sites (tertiary alicyclic amines) is 1. The number of hydrogen-bond acceptors (Lipinski definition) is 7. The summed E-state index contributed by atoms with van der Waals surface area (Å²) in [5.74, 6) is -0.00263. The Balaban J connectivity index is 1.15. The quantitative estimate of drug-likeness (QED) is 0.617. The van der Waals surface area contributed by atoms with Gasteiger partial charge in [-0.1, -0.05) is 11.6 Å². The zero-order valence-corrected chi connectivity index (χ0v) is 17.8. The second-order valence-corrected chi connectivity index (χ2v) is 9.52. The molecule has 0 bridgehead atoms. The fourth-order valence-electron chi connectivity index (χ4n) is 3.73. The molecule has 2 amide bonds. The van der Waals surface area contributed by atoms with Gasteiger partial charge in [-0.15, -0.1) is 22.7 Å². The number of carbonyl (C=O) groups is 2. The molecule has 2 aromatic heterocycles. The number of hydrogen-bond donors (Lipinski definition) is 0. The van der Waals surface area contributed by atoms with Crippen molar-refractivity contribution in [2.75, 3.05) is 39.3 Å². The lowest BCUT2D eigenvalue weighted by Gasteiger charge is -2.47. The summed E-state index contributed by atoms with van der Waals surface area (Å²) < 4.78 is 0.968. The van der Waals surface area contributed by atoms with E-state index in [1.807, 2.05) is 27.3 Å². The van der Waals surface area contributed by atoms with Gasteiger partial charge in [0.1, 0.15) is 0 Å². The van der Waals surface area contributed by atoms with Crippen molar-refractivity contribution in [2.24, 2.45) is 0 Å². The van der Waals surface area contributed by atoms with E-state index in [0.717, 1.165) is 36.4 Å². The van der Waals surface area contributed by atoms with Crippen LogP contribution in [-0.2, 0) is 0 Å². The van der Waals surface area contributed by atoms with Crippen LogP contribution in [-0.4, -0.2) is 81.8 Å². The summed E-state index contributed by atoms with van der Waals surface area (Å²) in [5.41, 5.74) is 0.768. The number of benzene rings is 1. The summed E-state index contributed by atoms with van der Waals surface area (Å²) in [6.45, 7) is 4.42. The first-order valence-electron chi connectivity index (χ1n) is 9.36. The van der Waals surface area contributed by atoms with Crippen molar-refractivity contribution in [1.82, 2.24) is 24.7 Å². The van der Waals surface area contributed by atoms with Gasteiger partial charge < -0.3 is 9.80 Å². The molecule has 4 heterocycles. The molecule has 2 fully saturated rings. The van der Waals surface area contributed by atoms with Crippen molar-refractivity contribution in [3.63, 3.8) is 0 Å². The highest BCUT2D eigenvalue weighted by Gasteiger charge is 2.37. The number of halogens is 1. The van der Waals surface area contributed by atoms with E-state index >= 15 is 0 Å². The van der Waals surface area contributed by atoms with Crippen molar-refractivity contribution in [3.8, 4) is 0 Å². The highest BCUT2D eigenvalue weighted by Crippen LogP contribution is 2.26. The Hall–Kier alpha value is -2.07. The maximum atomic E-state index is 12.9. The number of fused-ring (bicyclic) bond motifs is 1. The SMILES string of the molecule is O=C(c1nccs1)N1CC(N2CCN(C(=O)c3nc4cc(Cl)ccc4s3)CC2)C1. The molecule has 0 unspecified atom stereocenters. The molecule has 1 aromatic carbocycles. The summed E-state index contributed by atoms with van der Waals surface area (Å²) in [4.78, 5) is 39.8. The lowest BCUT2D eigenvalue weighted by molar-refractivity contribution is 0.00852. The molecule has 0 spiro atoms. The number of amides is 2. The fraction of sp³-hybridized carbons (Fsp3) is 0.368. The maximum absolute atomic E-state index is 12.9. The van der Waals surface area contributed by atoms with Gasteiger partial charge in [-0.2, -0.15) is 0 Å². The van der Waals surface area contributed by atoms with Crippen LogP contribution in [0.4, 0.5) is 0 Å². The van der Waals surface area contributed by atoms with Crippen LogP contribution < -0.4 is 0 Å². The van der Waals surface area contributed by atoms with Crippen molar-refractivity contribution >= 4 is 56.3 Å². The lowest BCUT2D eigenvalue weighted by atomic mass is 10.1. The smallest absolute Gasteiger partial charge is 0.282 e. The molecule has 29 heavy (non-hydrogen) atoms. The topological polar surface area (TPSA) is 69.6 Å². The zero-order chi connectivity index (χ0) is 20.0. The van der Waals surface area contributed by atoms with E-state index in [0.29, 0.717) is 34.2 Å². The zero-order valence-electron chi connectivity index (χ0n) is 15.5. The molecule has 2 aliphatic rings. The highest BCUT2D eigenvalue weighted by molar-refractivity contribution is 7.20. The largest absolute Gasteiger partial charge is 0.334 e. The second kappa shape index (κ2) is 7.64. The minimum atomic E-state index is -0.0174. The Kier molecular flexibility index (Phi) is 4.99. The summed E-state index contributed by atoms with van der Waals surface area (Å²) in [7, 11) is 0. The first-order chi connectivity index (χ1) is 14.1. The molecule has 10 heteroatoms. The van der Waals surface area contributed by atoms with Crippen LogP contribution in [0.5, 0.6) is 0 Å². The summed E-state index contributed by atoms with van der Waals surface area (Å²) in [6, 6.07) is 5.87. The standard InChI is InChI=1S/C19H18ClN5O2S2/c20-12-1-2-15-14(9-12)22-17(29-15)19(27)24-6-4-23(5-7-24)13-10-25(11-13)18(26)16-21-3-8-28-16/h1-3,8-9,13H,4-7,10-11H2. The Bertz CT molecular complexity index is 1060. The van der Waals surface area contributed by atoms with E-state index < -0.39 is 0 Å². The fourth-order valence-corrected chi connectivity index (χ4v) is 5.42. The van der Waals surface area contributed by atoms with Crippen molar-refractivity contribution in [3.05, 3.63) is 44.8 Å². The van der Waals surface area contributed by atoms with E-state index in [-0.39, 0.29) is 11.8 Å². The molecule has 7 nitrogen and oxygen atoms in total. The van der Waals surface area contributed by atoms with E-state index in [2.05, 4.69) is 14.9 Å². The van der Waals surface area contributed by atoms with Gasteiger partial charge in [-0.25, -0.2) is 9.97 Å². The first-order valence-corrected chi connectivity index (χ1v) is 11.4. The van der Waals surface area contributed by atoms with E-state index in [4.69, 9.17) is 11.6 Å². The second-order valence-electron chi connectivity index (χ2n) is 7.16. The molecule has 0 saturated carbocycles. The van der Waals surface area contributed by atoms with Gasteiger partial charge in [0.2, 0.25) is 0 Å².